The first kappa shape index (κ1) is 22.7. The van der Waals surface area contributed by atoms with E-state index in [2.05, 4.69) is 5.32 Å². The highest BCUT2D eigenvalue weighted by molar-refractivity contribution is 7.98. The van der Waals surface area contributed by atoms with Crippen LogP contribution in [-0.4, -0.2) is 75.2 Å². The first-order valence-corrected chi connectivity index (χ1v) is 8.49. The summed E-state index contributed by atoms with van der Waals surface area (Å²) in [6, 6.07) is -4.31. The summed E-state index contributed by atoms with van der Waals surface area (Å²) in [6.07, 6.45) is 0.388. The molecule has 0 saturated heterocycles. The van der Waals surface area contributed by atoms with E-state index in [0.717, 1.165) is 0 Å². The van der Waals surface area contributed by atoms with Crippen LogP contribution in [0.2, 0.25) is 0 Å². The zero-order valence-corrected chi connectivity index (χ0v) is 14.2. The van der Waals surface area contributed by atoms with Gasteiger partial charge in [0.25, 0.3) is 0 Å². The number of amides is 2. The largest absolute Gasteiger partial charge is 0.481 e. The second-order valence-electron chi connectivity index (χ2n) is 5.04. The molecule has 12 heteroatoms. The van der Waals surface area contributed by atoms with Crippen molar-refractivity contribution in [2.75, 3.05) is 12.0 Å². The van der Waals surface area contributed by atoms with Gasteiger partial charge in [-0.25, -0.2) is 4.79 Å². The summed E-state index contributed by atoms with van der Waals surface area (Å²) in [5.41, 5.74) is 5.62. The third-order valence-corrected chi connectivity index (χ3v) is 3.62. The molecule has 0 rings (SSSR count). The lowest BCUT2D eigenvalue weighted by Gasteiger charge is -2.21. The van der Waals surface area contributed by atoms with Gasteiger partial charge in [0.2, 0.25) is 11.8 Å². The molecule has 0 radical (unpaired) electrons. The molecule has 11 nitrogen and oxygen atoms in total. The van der Waals surface area contributed by atoms with E-state index in [1.165, 1.54) is 11.8 Å². The van der Waals surface area contributed by atoms with Crippen molar-refractivity contribution in [3.63, 3.8) is 0 Å². The van der Waals surface area contributed by atoms with Crippen molar-refractivity contribution in [1.29, 1.82) is 0 Å². The summed E-state index contributed by atoms with van der Waals surface area (Å²) in [4.78, 5) is 56.4. The van der Waals surface area contributed by atoms with Gasteiger partial charge in [-0.15, -0.1) is 0 Å². The molecule has 0 bridgehead atoms. The van der Waals surface area contributed by atoms with Gasteiger partial charge in [0.05, 0.1) is 18.9 Å². The van der Waals surface area contributed by atoms with E-state index in [4.69, 9.17) is 21.1 Å². The highest BCUT2D eigenvalue weighted by atomic mass is 32.2. The van der Waals surface area contributed by atoms with Crippen molar-refractivity contribution in [1.82, 2.24) is 10.6 Å². The molecule has 0 fully saturated rings. The molecule has 2 amide bonds. The number of rotatable bonds is 12. The standard InChI is InChI=1S/C13H21N3O8S/c1-25-3-2-6(14)11(21)15-7(4-9(17)18)12(22)16-8(13(23)24)5-10(19)20/h6-8H,2-5,14H2,1H3,(H,15,21)(H,16,22)(H,17,18)(H,19,20)(H,23,24)/t6-,7-,8-/m0/s1. The van der Waals surface area contributed by atoms with E-state index in [0.29, 0.717) is 12.2 Å². The Morgan fingerprint density at radius 1 is 0.920 bits per heavy atom. The molecule has 0 aliphatic carbocycles. The van der Waals surface area contributed by atoms with Crippen LogP contribution in [-0.2, 0) is 24.0 Å². The van der Waals surface area contributed by atoms with Crippen molar-refractivity contribution < 1.29 is 39.3 Å². The number of carbonyl (C=O) groups excluding carboxylic acids is 2. The van der Waals surface area contributed by atoms with E-state index in [-0.39, 0.29) is 0 Å². The number of aliphatic carboxylic acids is 3. The number of thioether (sulfide) groups is 1. The average Bonchev–Trinajstić information content (AvgIpc) is 2.49. The number of nitrogens with one attached hydrogen (secondary N) is 2. The van der Waals surface area contributed by atoms with Gasteiger partial charge in [-0.3, -0.25) is 19.2 Å². The lowest BCUT2D eigenvalue weighted by molar-refractivity contribution is -0.148. The summed E-state index contributed by atoms with van der Waals surface area (Å²) in [5.74, 6) is -5.80. The number of carboxylic acids is 3. The maximum Gasteiger partial charge on any atom is 0.326 e. The van der Waals surface area contributed by atoms with Crippen LogP contribution >= 0.6 is 11.8 Å². The van der Waals surface area contributed by atoms with E-state index in [1.54, 1.807) is 6.26 Å². The molecule has 0 unspecified atom stereocenters. The summed E-state index contributed by atoms with van der Waals surface area (Å²) >= 11 is 1.45. The molecular formula is C13H21N3O8S. The Morgan fingerprint density at radius 2 is 1.40 bits per heavy atom. The highest BCUT2D eigenvalue weighted by Gasteiger charge is 2.30. The summed E-state index contributed by atoms with van der Waals surface area (Å²) in [7, 11) is 0. The maximum atomic E-state index is 12.1. The number of hydrogen-bond acceptors (Lipinski definition) is 7. The molecule has 0 aromatic carbocycles. The summed E-state index contributed by atoms with van der Waals surface area (Å²) in [6.45, 7) is 0. The Bertz CT molecular complexity index is 527. The Labute approximate surface area is 147 Å². The predicted molar refractivity (Wildman–Crippen MR) is 87.0 cm³/mol. The lowest BCUT2D eigenvalue weighted by atomic mass is 10.1. The van der Waals surface area contributed by atoms with Crippen LogP contribution < -0.4 is 16.4 Å². The average molecular weight is 379 g/mol. The topological polar surface area (TPSA) is 196 Å². The fourth-order valence-corrected chi connectivity index (χ4v) is 2.18. The lowest BCUT2D eigenvalue weighted by Crippen LogP contribution is -2.55. The predicted octanol–water partition coefficient (Wildman–Crippen LogP) is -1.93. The zero-order valence-electron chi connectivity index (χ0n) is 13.4. The van der Waals surface area contributed by atoms with Crippen LogP contribution in [0.5, 0.6) is 0 Å². The normalized spacial score (nSPS) is 14.0. The monoisotopic (exact) mass is 379 g/mol. The van der Waals surface area contributed by atoms with Gasteiger partial charge < -0.3 is 31.7 Å². The van der Waals surface area contributed by atoms with Gasteiger partial charge in [0.1, 0.15) is 12.1 Å². The minimum atomic E-state index is -1.76. The first-order valence-electron chi connectivity index (χ1n) is 7.10. The van der Waals surface area contributed by atoms with E-state index >= 15 is 0 Å². The molecule has 0 spiro atoms. The molecule has 0 aliphatic heterocycles. The fourth-order valence-electron chi connectivity index (χ4n) is 1.69. The third-order valence-electron chi connectivity index (χ3n) is 2.97. The van der Waals surface area contributed by atoms with Gasteiger partial charge in [0.15, 0.2) is 0 Å². The van der Waals surface area contributed by atoms with Gasteiger partial charge in [-0.1, -0.05) is 0 Å². The van der Waals surface area contributed by atoms with Gasteiger partial charge in [-0.05, 0) is 18.4 Å². The molecular weight excluding hydrogens is 358 g/mol. The van der Waals surface area contributed by atoms with Crippen LogP contribution in [0.25, 0.3) is 0 Å². The molecule has 0 aromatic rings. The third kappa shape index (κ3) is 9.52. The Kier molecular flexibility index (Phi) is 10.2. The molecule has 0 saturated carbocycles. The fraction of sp³-hybridized carbons (Fsp3) is 0.615. The molecule has 0 aliphatic rings. The van der Waals surface area contributed by atoms with Crippen LogP contribution in [0.15, 0.2) is 0 Å². The van der Waals surface area contributed by atoms with Gasteiger partial charge in [-0.2, -0.15) is 11.8 Å². The number of nitrogens with two attached hydrogens (primary N) is 1. The minimum Gasteiger partial charge on any atom is -0.481 e. The smallest absolute Gasteiger partial charge is 0.326 e. The van der Waals surface area contributed by atoms with Crippen LogP contribution in [0.4, 0.5) is 0 Å². The Morgan fingerprint density at radius 3 is 1.84 bits per heavy atom. The van der Waals surface area contributed by atoms with Crippen molar-refractivity contribution >= 4 is 41.5 Å². The molecule has 0 aromatic heterocycles. The molecule has 142 valence electrons. The van der Waals surface area contributed by atoms with Crippen LogP contribution in [0.1, 0.15) is 19.3 Å². The first-order chi connectivity index (χ1) is 11.6. The Hall–Kier alpha value is -2.34. The van der Waals surface area contributed by atoms with E-state index in [9.17, 15) is 24.0 Å². The number of carbonyl (C=O) groups is 5. The van der Waals surface area contributed by atoms with Crippen molar-refractivity contribution in [3.05, 3.63) is 0 Å². The molecule has 0 heterocycles. The van der Waals surface area contributed by atoms with Crippen LogP contribution in [0, 0.1) is 0 Å². The highest BCUT2D eigenvalue weighted by Crippen LogP contribution is 2.02. The second kappa shape index (κ2) is 11.3. The van der Waals surface area contributed by atoms with Crippen molar-refractivity contribution in [2.45, 2.75) is 37.4 Å². The second-order valence-corrected chi connectivity index (χ2v) is 6.03. The van der Waals surface area contributed by atoms with Gasteiger partial charge in [0, 0.05) is 0 Å². The summed E-state index contributed by atoms with van der Waals surface area (Å²) in [5, 5.41) is 30.4. The van der Waals surface area contributed by atoms with Crippen molar-refractivity contribution in [3.8, 4) is 0 Å². The molecule has 3 atom stereocenters. The number of hydrogen-bond donors (Lipinski definition) is 6. The molecule has 25 heavy (non-hydrogen) atoms. The van der Waals surface area contributed by atoms with Gasteiger partial charge >= 0.3 is 17.9 Å². The van der Waals surface area contributed by atoms with Crippen LogP contribution in [0.3, 0.4) is 0 Å². The van der Waals surface area contributed by atoms with E-state index in [1.807, 2.05) is 5.32 Å². The zero-order chi connectivity index (χ0) is 19.6. The number of carboxylic acid groups (broad SMARTS) is 3. The minimum absolute atomic E-state index is 0.297. The van der Waals surface area contributed by atoms with E-state index < -0.39 is 60.7 Å². The molecule has 7 N–H and O–H groups in total. The SMILES string of the molecule is CSCC[C@H](N)C(=O)N[C@@H](CC(=O)O)C(=O)N[C@@H](CC(=O)O)C(=O)O. The summed E-state index contributed by atoms with van der Waals surface area (Å²) < 4.78 is 0. The maximum absolute atomic E-state index is 12.1. The Balaban J connectivity index is 5.02. The quantitative estimate of drug-likeness (QED) is 0.222. The van der Waals surface area contributed by atoms with Crippen molar-refractivity contribution in [2.24, 2.45) is 5.73 Å².